The molecule has 0 fully saturated rings. The van der Waals surface area contributed by atoms with E-state index >= 15 is 0 Å². The summed E-state index contributed by atoms with van der Waals surface area (Å²) < 4.78 is 5.25. The summed E-state index contributed by atoms with van der Waals surface area (Å²) >= 11 is 7.64. The number of dihydropyridines is 1. The number of carbonyl (C=O) groups is 2. The first-order valence-electron chi connectivity index (χ1n) is 9.97. The highest BCUT2D eigenvalue weighted by Crippen LogP contribution is 2.43. The Morgan fingerprint density at radius 3 is 2.53 bits per heavy atom. The Labute approximate surface area is 196 Å². The molecule has 2 N–H and O–H groups in total. The number of hydrogen-bond donors (Lipinski definition) is 2. The van der Waals surface area contributed by atoms with Crippen LogP contribution in [0.3, 0.4) is 0 Å². The van der Waals surface area contributed by atoms with Crippen LogP contribution in [0.1, 0.15) is 25.3 Å². The van der Waals surface area contributed by atoms with E-state index in [2.05, 4.69) is 16.7 Å². The number of ether oxygens (including phenoxy) is 1. The lowest BCUT2D eigenvalue weighted by Gasteiger charge is -2.29. The third kappa shape index (κ3) is 5.34. The van der Waals surface area contributed by atoms with Crippen LogP contribution < -0.4 is 10.6 Å². The molecule has 2 aromatic rings. The second-order valence-electron chi connectivity index (χ2n) is 6.90. The van der Waals surface area contributed by atoms with E-state index in [1.807, 2.05) is 18.2 Å². The zero-order chi connectivity index (χ0) is 23.1. The molecule has 8 heteroatoms. The minimum atomic E-state index is -0.700. The van der Waals surface area contributed by atoms with E-state index in [9.17, 15) is 14.9 Å². The van der Waals surface area contributed by atoms with Crippen molar-refractivity contribution in [3.63, 3.8) is 0 Å². The maximum atomic E-state index is 12.8. The molecule has 0 saturated carbocycles. The lowest BCUT2D eigenvalue weighted by Crippen LogP contribution is -2.29. The summed E-state index contributed by atoms with van der Waals surface area (Å²) in [6.07, 6.45) is 0. The van der Waals surface area contributed by atoms with E-state index in [1.54, 1.807) is 50.2 Å². The average Bonchev–Trinajstić information content (AvgIpc) is 2.78. The fourth-order valence-electron chi connectivity index (χ4n) is 3.38. The summed E-state index contributed by atoms with van der Waals surface area (Å²) in [6, 6.07) is 18.4. The van der Waals surface area contributed by atoms with E-state index in [0.717, 1.165) is 0 Å². The molecule has 32 heavy (non-hydrogen) atoms. The number of halogens is 1. The smallest absolute Gasteiger partial charge is 0.336 e. The van der Waals surface area contributed by atoms with Gasteiger partial charge in [-0.25, -0.2) is 4.79 Å². The predicted molar refractivity (Wildman–Crippen MR) is 127 cm³/mol. The molecular formula is C24H22ClN3O3S. The van der Waals surface area contributed by atoms with Crippen LogP contribution in [-0.4, -0.2) is 24.2 Å². The van der Waals surface area contributed by atoms with Crippen LogP contribution >= 0.6 is 23.4 Å². The third-order valence-corrected chi connectivity index (χ3v) is 6.13. The minimum Gasteiger partial charge on any atom is -0.463 e. The fourth-order valence-corrected chi connectivity index (χ4v) is 4.52. The number of rotatable bonds is 7. The summed E-state index contributed by atoms with van der Waals surface area (Å²) in [7, 11) is 0. The van der Waals surface area contributed by atoms with Gasteiger partial charge >= 0.3 is 5.97 Å². The van der Waals surface area contributed by atoms with Gasteiger partial charge in [0.25, 0.3) is 0 Å². The SMILES string of the molecule is CCOC(=O)C1=C(C)NC(SCC(=O)Nc2ccccc2)=C(C#N)C1c1ccccc1Cl. The fraction of sp³-hybridized carbons (Fsp3) is 0.208. The first kappa shape index (κ1) is 23.5. The Hall–Kier alpha value is -3.21. The van der Waals surface area contributed by atoms with E-state index in [0.29, 0.717) is 38.1 Å². The molecule has 1 unspecified atom stereocenters. The quantitative estimate of drug-likeness (QED) is 0.558. The van der Waals surface area contributed by atoms with Crippen molar-refractivity contribution < 1.29 is 14.3 Å². The van der Waals surface area contributed by atoms with Gasteiger partial charge < -0.3 is 15.4 Å². The van der Waals surface area contributed by atoms with Crippen LogP contribution in [0.25, 0.3) is 0 Å². The first-order valence-corrected chi connectivity index (χ1v) is 11.3. The highest BCUT2D eigenvalue weighted by Gasteiger charge is 2.36. The molecule has 2 aromatic carbocycles. The normalized spacial score (nSPS) is 15.6. The maximum absolute atomic E-state index is 12.8. The molecule has 0 bridgehead atoms. The number of anilines is 1. The molecule has 3 rings (SSSR count). The number of nitrogens with one attached hydrogen (secondary N) is 2. The minimum absolute atomic E-state index is 0.0830. The molecule has 1 heterocycles. The van der Waals surface area contributed by atoms with Crippen molar-refractivity contribution in [2.45, 2.75) is 19.8 Å². The Kier molecular flexibility index (Phi) is 7.98. The summed E-state index contributed by atoms with van der Waals surface area (Å²) in [6.45, 7) is 3.68. The van der Waals surface area contributed by atoms with Crippen molar-refractivity contribution in [2.75, 3.05) is 17.7 Å². The predicted octanol–water partition coefficient (Wildman–Crippen LogP) is 4.97. The number of nitriles is 1. The Bertz CT molecular complexity index is 1120. The maximum Gasteiger partial charge on any atom is 0.336 e. The topological polar surface area (TPSA) is 91.2 Å². The Balaban J connectivity index is 1.93. The number of amides is 1. The first-order chi connectivity index (χ1) is 15.5. The average molecular weight is 468 g/mol. The summed E-state index contributed by atoms with van der Waals surface area (Å²) in [5.41, 5.74) is 2.51. The van der Waals surface area contributed by atoms with Crippen molar-refractivity contribution >= 4 is 40.9 Å². The molecule has 1 aliphatic rings. The highest BCUT2D eigenvalue weighted by atomic mass is 35.5. The van der Waals surface area contributed by atoms with Gasteiger partial charge in [0.05, 0.1) is 40.5 Å². The van der Waals surface area contributed by atoms with Crippen LogP contribution in [0.15, 0.2) is 76.5 Å². The molecule has 6 nitrogen and oxygen atoms in total. The molecule has 1 aliphatic heterocycles. The van der Waals surface area contributed by atoms with Crippen LogP contribution in [-0.2, 0) is 14.3 Å². The van der Waals surface area contributed by atoms with Gasteiger partial charge in [0, 0.05) is 16.4 Å². The molecule has 164 valence electrons. The van der Waals surface area contributed by atoms with Crippen LogP contribution in [0, 0.1) is 11.3 Å². The monoisotopic (exact) mass is 467 g/mol. The third-order valence-electron chi connectivity index (χ3n) is 4.76. The lowest BCUT2D eigenvalue weighted by atomic mass is 9.82. The summed E-state index contributed by atoms with van der Waals surface area (Å²) in [5, 5.41) is 16.9. The molecule has 0 aliphatic carbocycles. The Morgan fingerprint density at radius 2 is 1.88 bits per heavy atom. The number of thioether (sulfide) groups is 1. The number of esters is 1. The number of hydrogen-bond acceptors (Lipinski definition) is 6. The van der Waals surface area contributed by atoms with Crippen molar-refractivity contribution in [2.24, 2.45) is 0 Å². The number of allylic oxidation sites excluding steroid dienone is 2. The van der Waals surface area contributed by atoms with Crippen molar-refractivity contribution in [3.8, 4) is 6.07 Å². The molecule has 0 radical (unpaired) electrons. The second kappa shape index (κ2) is 10.9. The zero-order valence-corrected chi connectivity index (χ0v) is 19.2. The second-order valence-corrected chi connectivity index (χ2v) is 8.29. The van der Waals surface area contributed by atoms with Crippen molar-refractivity contribution in [1.82, 2.24) is 5.32 Å². The molecule has 1 atom stereocenters. The number of carbonyl (C=O) groups excluding carboxylic acids is 2. The van der Waals surface area contributed by atoms with E-state index in [1.165, 1.54) is 11.8 Å². The molecule has 0 saturated heterocycles. The van der Waals surface area contributed by atoms with Gasteiger partial charge in [0.15, 0.2) is 0 Å². The standard InChI is InChI=1S/C24H22ClN3O3S/c1-3-31-24(30)21-15(2)27-23(32-14-20(29)28-16-9-5-4-6-10-16)18(13-26)22(21)17-11-7-8-12-19(17)25/h4-12,22,27H,3,14H2,1-2H3,(H,28,29). The van der Waals surface area contributed by atoms with Crippen molar-refractivity contribution in [1.29, 1.82) is 5.26 Å². The van der Waals surface area contributed by atoms with Crippen molar-refractivity contribution in [3.05, 3.63) is 87.1 Å². The molecular weight excluding hydrogens is 446 g/mol. The van der Waals surface area contributed by atoms with Gasteiger partial charge in [-0.1, -0.05) is 59.8 Å². The van der Waals surface area contributed by atoms with Gasteiger partial charge in [0.1, 0.15) is 0 Å². The van der Waals surface area contributed by atoms with Gasteiger partial charge in [-0.05, 0) is 37.6 Å². The van der Waals surface area contributed by atoms with E-state index < -0.39 is 11.9 Å². The van der Waals surface area contributed by atoms with E-state index in [-0.39, 0.29) is 18.3 Å². The van der Waals surface area contributed by atoms with Gasteiger partial charge in [-0.3, -0.25) is 4.79 Å². The zero-order valence-electron chi connectivity index (χ0n) is 17.6. The van der Waals surface area contributed by atoms with Gasteiger partial charge in [0.2, 0.25) is 5.91 Å². The lowest BCUT2D eigenvalue weighted by molar-refractivity contribution is -0.138. The van der Waals surface area contributed by atoms with Crippen LogP contribution in [0.5, 0.6) is 0 Å². The summed E-state index contributed by atoms with van der Waals surface area (Å²) in [5.74, 6) is -1.34. The highest BCUT2D eigenvalue weighted by molar-refractivity contribution is 8.03. The largest absolute Gasteiger partial charge is 0.463 e. The molecule has 1 amide bonds. The van der Waals surface area contributed by atoms with Gasteiger partial charge in [-0.2, -0.15) is 5.26 Å². The van der Waals surface area contributed by atoms with Crippen LogP contribution in [0.2, 0.25) is 5.02 Å². The summed E-state index contributed by atoms with van der Waals surface area (Å²) in [4.78, 5) is 25.2. The van der Waals surface area contributed by atoms with Gasteiger partial charge in [-0.15, -0.1) is 0 Å². The Morgan fingerprint density at radius 1 is 1.19 bits per heavy atom. The van der Waals surface area contributed by atoms with Crippen LogP contribution in [0.4, 0.5) is 5.69 Å². The number of para-hydroxylation sites is 1. The number of nitrogens with zero attached hydrogens (tertiary/aromatic N) is 1. The molecule has 0 aromatic heterocycles. The van der Waals surface area contributed by atoms with E-state index in [4.69, 9.17) is 16.3 Å². The molecule has 0 spiro atoms. The number of benzene rings is 2.